The SMILES string of the molecule is COCCNC(=O)c1nnn(-c2ccc(NC(=O)Cc3ccc(F)cc3)cc2)n1. The molecule has 0 radical (unpaired) electrons. The molecule has 1 aromatic heterocycles. The van der Waals surface area contributed by atoms with Gasteiger partial charge in [0.1, 0.15) is 5.82 Å². The summed E-state index contributed by atoms with van der Waals surface area (Å²) in [6.07, 6.45) is 0.133. The lowest BCUT2D eigenvalue weighted by molar-refractivity contribution is -0.115. The van der Waals surface area contributed by atoms with Crippen molar-refractivity contribution >= 4 is 17.5 Å². The lowest BCUT2D eigenvalue weighted by atomic mass is 10.1. The van der Waals surface area contributed by atoms with E-state index in [1.54, 1.807) is 36.4 Å². The fraction of sp³-hybridized carbons (Fsp3) is 0.211. The van der Waals surface area contributed by atoms with E-state index in [0.717, 1.165) is 0 Å². The van der Waals surface area contributed by atoms with E-state index in [1.165, 1.54) is 24.0 Å². The third kappa shape index (κ3) is 5.66. The highest BCUT2D eigenvalue weighted by Gasteiger charge is 2.13. The molecule has 0 fully saturated rings. The fourth-order valence-electron chi connectivity index (χ4n) is 2.43. The molecule has 3 aromatic rings. The van der Waals surface area contributed by atoms with Gasteiger partial charge < -0.3 is 15.4 Å². The minimum Gasteiger partial charge on any atom is -0.383 e. The Morgan fingerprint density at radius 2 is 1.83 bits per heavy atom. The molecule has 0 spiro atoms. The molecular weight excluding hydrogens is 379 g/mol. The van der Waals surface area contributed by atoms with Crippen LogP contribution in [0.15, 0.2) is 48.5 Å². The van der Waals surface area contributed by atoms with Crippen LogP contribution >= 0.6 is 0 Å². The van der Waals surface area contributed by atoms with Crippen molar-refractivity contribution in [3.05, 3.63) is 65.7 Å². The number of hydrogen-bond donors (Lipinski definition) is 2. The van der Waals surface area contributed by atoms with Crippen LogP contribution in [0.1, 0.15) is 16.2 Å². The van der Waals surface area contributed by atoms with Gasteiger partial charge in [-0.05, 0) is 47.2 Å². The number of carbonyl (C=O) groups excluding carboxylic acids is 2. The van der Waals surface area contributed by atoms with Crippen molar-refractivity contribution in [1.29, 1.82) is 0 Å². The standard InChI is InChI=1S/C19H19FN6O3/c1-29-11-10-21-19(28)18-23-25-26(24-18)16-8-6-15(7-9-16)22-17(27)12-13-2-4-14(20)5-3-13/h2-9H,10-12H2,1H3,(H,21,28)(H,22,27). The summed E-state index contributed by atoms with van der Waals surface area (Å²) in [4.78, 5) is 25.2. The number of benzene rings is 2. The highest BCUT2D eigenvalue weighted by molar-refractivity contribution is 5.92. The lowest BCUT2D eigenvalue weighted by Crippen LogP contribution is -2.28. The molecule has 2 N–H and O–H groups in total. The van der Waals surface area contributed by atoms with E-state index in [2.05, 4.69) is 26.0 Å². The van der Waals surface area contributed by atoms with Gasteiger partial charge in [0.05, 0.1) is 18.7 Å². The summed E-state index contributed by atoms with van der Waals surface area (Å²) >= 11 is 0. The molecule has 2 amide bonds. The Morgan fingerprint density at radius 3 is 2.52 bits per heavy atom. The number of tetrazole rings is 1. The second kappa shape index (κ2) is 9.51. The van der Waals surface area contributed by atoms with Crippen LogP contribution in [0.25, 0.3) is 5.69 Å². The number of aromatic nitrogens is 4. The largest absolute Gasteiger partial charge is 0.383 e. The molecule has 0 aliphatic carbocycles. The molecule has 29 heavy (non-hydrogen) atoms. The number of ether oxygens (including phenoxy) is 1. The van der Waals surface area contributed by atoms with Crippen LogP contribution in [-0.2, 0) is 16.0 Å². The fourth-order valence-corrected chi connectivity index (χ4v) is 2.43. The summed E-state index contributed by atoms with van der Waals surface area (Å²) in [5.41, 5.74) is 1.87. The second-order valence-electron chi connectivity index (χ2n) is 6.05. The van der Waals surface area contributed by atoms with E-state index in [4.69, 9.17) is 4.74 Å². The van der Waals surface area contributed by atoms with Crippen molar-refractivity contribution < 1.29 is 18.7 Å². The Bertz CT molecular complexity index is 972. The first-order chi connectivity index (χ1) is 14.0. The van der Waals surface area contributed by atoms with E-state index >= 15 is 0 Å². The molecule has 0 atom stereocenters. The Kier molecular flexibility index (Phi) is 6.59. The number of carbonyl (C=O) groups is 2. The molecule has 0 aliphatic rings. The zero-order valence-corrected chi connectivity index (χ0v) is 15.6. The van der Waals surface area contributed by atoms with Crippen molar-refractivity contribution in [2.75, 3.05) is 25.6 Å². The summed E-state index contributed by atoms with van der Waals surface area (Å²) < 4.78 is 17.8. The maximum atomic E-state index is 12.9. The number of anilines is 1. The van der Waals surface area contributed by atoms with Crippen LogP contribution in [0.4, 0.5) is 10.1 Å². The first-order valence-electron chi connectivity index (χ1n) is 8.77. The van der Waals surface area contributed by atoms with Crippen LogP contribution in [-0.4, -0.2) is 52.3 Å². The smallest absolute Gasteiger partial charge is 0.292 e. The minimum atomic E-state index is -0.446. The Balaban J connectivity index is 1.58. The van der Waals surface area contributed by atoms with Gasteiger partial charge in [0.25, 0.3) is 11.7 Å². The van der Waals surface area contributed by atoms with Gasteiger partial charge in [0.15, 0.2) is 0 Å². The zero-order chi connectivity index (χ0) is 20.6. The van der Waals surface area contributed by atoms with E-state index < -0.39 is 5.91 Å². The first-order valence-corrected chi connectivity index (χ1v) is 8.77. The molecule has 150 valence electrons. The molecule has 0 saturated heterocycles. The highest BCUT2D eigenvalue weighted by Crippen LogP contribution is 2.13. The number of halogens is 1. The van der Waals surface area contributed by atoms with Gasteiger partial charge in [-0.1, -0.05) is 12.1 Å². The molecule has 1 heterocycles. The molecule has 2 aromatic carbocycles. The third-order valence-corrected chi connectivity index (χ3v) is 3.87. The normalized spacial score (nSPS) is 10.6. The van der Waals surface area contributed by atoms with Gasteiger partial charge in [-0.2, -0.15) is 0 Å². The molecule has 0 bridgehead atoms. The average Bonchev–Trinajstić information content (AvgIpc) is 3.21. The number of methoxy groups -OCH3 is 1. The molecule has 0 saturated carbocycles. The number of rotatable bonds is 8. The molecule has 0 aliphatic heterocycles. The molecule has 3 rings (SSSR count). The van der Waals surface area contributed by atoms with Crippen molar-refractivity contribution in [3.8, 4) is 5.69 Å². The van der Waals surface area contributed by atoms with Gasteiger partial charge in [-0.3, -0.25) is 9.59 Å². The van der Waals surface area contributed by atoms with E-state index in [0.29, 0.717) is 30.1 Å². The Morgan fingerprint density at radius 1 is 1.10 bits per heavy atom. The number of amides is 2. The second-order valence-corrected chi connectivity index (χ2v) is 6.05. The lowest BCUT2D eigenvalue weighted by Gasteiger charge is -2.06. The Hall–Kier alpha value is -3.66. The van der Waals surface area contributed by atoms with E-state index in [9.17, 15) is 14.0 Å². The molecule has 10 heteroatoms. The summed E-state index contributed by atoms with van der Waals surface area (Å²) in [6, 6.07) is 12.5. The van der Waals surface area contributed by atoms with Crippen LogP contribution in [0.5, 0.6) is 0 Å². The van der Waals surface area contributed by atoms with Crippen LogP contribution in [0.3, 0.4) is 0 Å². The average molecular weight is 398 g/mol. The van der Waals surface area contributed by atoms with Gasteiger partial charge in [0, 0.05) is 19.3 Å². The van der Waals surface area contributed by atoms with Crippen molar-refractivity contribution in [2.24, 2.45) is 0 Å². The number of hydrogen-bond acceptors (Lipinski definition) is 6. The predicted molar refractivity (Wildman–Crippen MR) is 102 cm³/mol. The molecular formula is C19H19FN6O3. The maximum absolute atomic E-state index is 12.9. The summed E-state index contributed by atoms with van der Waals surface area (Å²) in [5.74, 6) is -1.07. The van der Waals surface area contributed by atoms with Gasteiger partial charge in [-0.15, -0.1) is 15.0 Å². The number of nitrogens with zero attached hydrogens (tertiary/aromatic N) is 4. The van der Waals surface area contributed by atoms with Crippen molar-refractivity contribution in [1.82, 2.24) is 25.5 Å². The monoisotopic (exact) mass is 398 g/mol. The predicted octanol–water partition coefficient (Wildman–Crippen LogP) is 1.36. The molecule has 0 unspecified atom stereocenters. The van der Waals surface area contributed by atoms with Crippen molar-refractivity contribution in [2.45, 2.75) is 6.42 Å². The van der Waals surface area contributed by atoms with Crippen LogP contribution in [0, 0.1) is 5.82 Å². The highest BCUT2D eigenvalue weighted by atomic mass is 19.1. The van der Waals surface area contributed by atoms with E-state index in [1.807, 2.05) is 0 Å². The summed E-state index contributed by atoms with van der Waals surface area (Å²) in [6.45, 7) is 0.727. The summed E-state index contributed by atoms with van der Waals surface area (Å²) in [7, 11) is 1.54. The first kappa shape index (κ1) is 20.1. The van der Waals surface area contributed by atoms with E-state index in [-0.39, 0.29) is 24.0 Å². The van der Waals surface area contributed by atoms with Gasteiger partial charge >= 0.3 is 0 Å². The minimum absolute atomic E-state index is 0.0576. The quantitative estimate of drug-likeness (QED) is 0.554. The summed E-state index contributed by atoms with van der Waals surface area (Å²) in [5, 5.41) is 17.0. The van der Waals surface area contributed by atoms with Gasteiger partial charge in [0.2, 0.25) is 5.91 Å². The Labute approximate surface area is 165 Å². The molecule has 9 nitrogen and oxygen atoms in total. The van der Waals surface area contributed by atoms with Crippen LogP contribution < -0.4 is 10.6 Å². The van der Waals surface area contributed by atoms with Crippen molar-refractivity contribution in [3.63, 3.8) is 0 Å². The zero-order valence-electron chi connectivity index (χ0n) is 15.6. The topological polar surface area (TPSA) is 111 Å². The maximum Gasteiger partial charge on any atom is 0.292 e. The number of nitrogens with one attached hydrogen (secondary N) is 2. The van der Waals surface area contributed by atoms with Crippen LogP contribution in [0.2, 0.25) is 0 Å². The third-order valence-electron chi connectivity index (χ3n) is 3.87. The van der Waals surface area contributed by atoms with Gasteiger partial charge in [-0.25, -0.2) is 4.39 Å².